The Hall–Kier alpha value is -0.930. The average molecular weight is 193 g/mol. The Bertz CT molecular complexity index is 230. The van der Waals surface area contributed by atoms with Crippen molar-refractivity contribution in [2.24, 2.45) is 5.73 Å². The van der Waals surface area contributed by atoms with Crippen molar-refractivity contribution in [3.8, 4) is 0 Å². The molecule has 3 nitrogen and oxygen atoms in total. The van der Waals surface area contributed by atoms with Crippen LogP contribution < -0.4 is 5.73 Å². The molecule has 0 aliphatic heterocycles. The van der Waals surface area contributed by atoms with Gasteiger partial charge in [0.1, 0.15) is 0 Å². The molecule has 0 fully saturated rings. The highest BCUT2D eigenvalue weighted by molar-refractivity contribution is 5.08. The Kier molecular flexibility index (Phi) is 5.19. The summed E-state index contributed by atoms with van der Waals surface area (Å²) in [6.45, 7) is 5.93. The summed E-state index contributed by atoms with van der Waals surface area (Å²) in [5, 5.41) is 0. The maximum atomic E-state index is 5.56. The summed E-state index contributed by atoms with van der Waals surface area (Å²) in [5.74, 6) is 0. The molecule has 2 N–H and O–H groups in total. The van der Waals surface area contributed by atoms with E-state index in [4.69, 9.17) is 5.73 Å². The largest absolute Gasteiger partial charge is 0.329 e. The van der Waals surface area contributed by atoms with Gasteiger partial charge in [-0.3, -0.25) is 9.88 Å². The Morgan fingerprint density at radius 2 is 2.29 bits per heavy atom. The molecule has 0 unspecified atom stereocenters. The van der Waals surface area contributed by atoms with Crippen molar-refractivity contribution in [2.75, 3.05) is 19.6 Å². The van der Waals surface area contributed by atoms with Gasteiger partial charge in [0.25, 0.3) is 0 Å². The first kappa shape index (κ1) is 11.1. The van der Waals surface area contributed by atoms with E-state index in [1.807, 2.05) is 12.3 Å². The average Bonchev–Trinajstić information content (AvgIpc) is 2.20. The normalized spacial score (nSPS) is 10.8. The molecule has 1 heterocycles. The number of pyridine rings is 1. The minimum atomic E-state index is 0.722. The van der Waals surface area contributed by atoms with Crippen molar-refractivity contribution in [3.05, 3.63) is 30.1 Å². The highest BCUT2D eigenvalue weighted by Crippen LogP contribution is 2.02. The van der Waals surface area contributed by atoms with E-state index in [1.165, 1.54) is 12.0 Å². The van der Waals surface area contributed by atoms with Crippen LogP contribution in [-0.4, -0.2) is 29.5 Å². The van der Waals surface area contributed by atoms with Gasteiger partial charge in [-0.25, -0.2) is 0 Å². The predicted octanol–water partition coefficient (Wildman–Crippen LogP) is 1.25. The molecule has 0 aromatic carbocycles. The van der Waals surface area contributed by atoms with Crippen molar-refractivity contribution >= 4 is 0 Å². The second kappa shape index (κ2) is 6.51. The third-order valence-electron chi connectivity index (χ3n) is 2.11. The molecule has 0 spiro atoms. The predicted molar refractivity (Wildman–Crippen MR) is 58.9 cm³/mol. The summed E-state index contributed by atoms with van der Waals surface area (Å²) in [4.78, 5) is 6.46. The van der Waals surface area contributed by atoms with Crippen LogP contribution in [0.25, 0.3) is 0 Å². The van der Waals surface area contributed by atoms with Crippen molar-refractivity contribution in [3.63, 3.8) is 0 Å². The number of hydrogen-bond donors (Lipinski definition) is 1. The van der Waals surface area contributed by atoms with E-state index in [1.54, 1.807) is 6.20 Å². The number of rotatable bonds is 6. The lowest BCUT2D eigenvalue weighted by Crippen LogP contribution is -2.29. The lowest BCUT2D eigenvalue weighted by molar-refractivity contribution is 0.273. The summed E-state index contributed by atoms with van der Waals surface area (Å²) in [6.07, 6.45) is 4.88. The van der Waals surface area contributed by atoms with Crippen LogP contribution in [0.15, 0.2) is 24.5 Å². The fourth-order valence-electron chi connectivity index (χ4n) is 1.52. The minimum absolute atomic E-state index is 0.722. The Morgan fingerprint density at radius 3 is 2.86 bits per heavy atom. The molecule has 0 aliphatic carbocycles. The molecule has 0 radical (unpaired) electrons. The first-order chi connectivity index (χ1) is 6.86. The van der Waals surface area contributed by atoms with Gasteiger partial charge in [0.15, 0.2) is 0 Å². The highest BCUT2D eigenvalue weighted by atomic mass is 15.1. The van der Waals surface area contributed by atoms with Gasteiger partial charge in [0.2, 0.25) is 0 Å². The molecule has 1 aromatic heterocycles. The quantitative estimate of drug-likeness (QED) is 0.739. The van der Waals surface area contributed by atoms with Crippen LogP contribution in [0.1, 0.15) is 18.9 Å². The zero-order valence-electron chi connectivity index (χ0n) is 8.82. The molecule has 14 heavy (non-hydrogen) atoms. The topological polar surface area (TPSA) is 42.1 Å². The minimum Gasteiger partial charge on any atom is -0.329 e. The van der Waals surface area contributed by atoms with Gasteiger partial charge in [0.05, 0.1) is 0 Å². The maximum absolute atomic E-state index is 5.56. The summed E-state index contributed by atoms with van der Waals surface area (Å²) < 4.78 is 0. The van der Waals surface area contributed by atoms with Gasteiger partial charge in [0, 0.05) is 32.0 Å². The second-order valence-corrected chi connectivity index (χ2v) is 3.43. The van der Waals surface area contributed by atoms with E-state index in [0.717, 1.165) is 26.2 Å². The Labute approximate surface area is 85.9 Å². The van der Waals surface area contributed by atoms with Crippen molar-refractivity contribution in [2.45, 2.75) is 19.9 Å². The van der Waals surface area contributed by atoms with E-state index in [9.17, 15) is 0 Å². The van der Waals surface area contributed by atoms with Crippen LogP contribution >= 0.6 is 0 Å². The van der Waals surface area contributed by atoms with Crippen LogP contribution in [-0.2, 0) is 6.54 Å². The molecule has 0 amide bonds. The second-order valence-electron chi connectivity index (χ2n) is 3.43. The molecular weight excluding hydrogens is 174 g/mol. The zero-order chi connectivity index (χ0) is 10.2. The summed E-state index contributed by atoms with van der Waals surface area (Å²) in [6, 6.07) is 4.08. The summed E-state index contributed by atoms with van der Waals surface area (Å²) in [7, 11) is 0. The SMILES string of the molecule is CCCN(CCN)Cc1cccnc1. The van der Waals surface area contributed by atoms with Gasteiger partial charge >= 0.3 is 0 Å². The molecule has 0 bridgehead atoms. The molecule has 1 rings (SSSR count). The summed E-state index contributed by atoms with van der Waals surface area (Å²) >= 11 is 0. The van der Waals surface area contributed by atoms with E-state index >= 15 is 0 Å². The van der Waals surface area contributed by atoms with Gasteiger partial charge in [-0.1, -0.05) is 13.0 Å². The molecule has 78 valence electrons. The fourth-order valence-corrected chi connectivity index (χ4v) is 1.52. The van der Waals surface area contributed by atoms with Crippen molar-refractivity contribution in [1.82, 2.24) is 9.88 Å². The standard InChI is InChI=1S/C11H19N3/c1-2-7-14(8-5-12)10-11-4-3-6-13-9-11/h3-4,6,9H,2,5,7-8,10,12H2,1H3. The van der Waals surface area contributed by atoms with Crippen LogP contribution in [0, 0.1) is 0 Å². The molecule has 0 saturated carbocycles. The van der Waals surface area contributed by atoms with Gasteiger partial charge in [-0.15, -0.1) is 0 Å². The molecule has 0 saturated heterocycles. The number of nitrogens with zero attached hydrogens (tertiary/aromatic N) is 2. The number of aromatic nitrogens is 1. The third-order valence-corrected chi connectivity index (χ3v) is 2.11. The molecular formula is C11H19N3. The van der Waals surface area contributed by atoms with Gasteiger partial charge in [-0.2, -0.15) is 0 Å². The van der Waals surface area contributed by atoms with E-state index < -0.39 is 0 Å². The monoisotopic (exact) mass is 193 g/mol. The Balaban J connectivity index is 2.46. The summed E-state index contributed by atoms with van der Waals surface area (Å²) in [5.41, 5.74) is 6.81. The molecule has 3 heteroatoms. The van der Waals surface area contributed by atoms with Crippen LogP contribution in [0.5, 0.6) is 0 Å². The molecule has 0 aliphatic rings. The van der Waals surface area contributed by atoms with Crippen molar-refractivity contribution in [1.29, 1.82) is 0 Å². The lowest BCUT2D eigenvalue weighted by Gasteiger charge is -2.20. The first-order valence-electron chi connectivity index (χ1n) is 5.18. The third kappa shape index (κ3) is 3.85. The fraction of sp³-hybridized carbons (Fsp3) is 0.545. The number of nitrogens with two attached hydrogens (primary N) is 1. The first-order valence-corrected chi connectivity index (χ1v) is 5.18. The zero-order valence-corrected chi connectivity index (χ0v) is 8.82. The van der Waals surface area contributed by atoms with Crippen LogP contribution in [0.2, 0.25) is 0 Å². The smallest absolute Gasteiger partial charge is 0.0312 e. The van der Waals surface area contributed by atoms with Crippen LogP contribution in [0.4, 0.5) is 0 Å². The maximum Gasteiger partial charge on any atom is 0.0312 e. The Morgan fingerprint density at radius 1 is 1.43 bits per heavy atom. The van der Waals surface area contributed by atoms with E-state index in [2.05, 4.69) is 22.9 Å². The number of hydrogen-bond acceptors (Lipinski definition) is 3. The van der Waals surface area contributed by atoms with Gasteiger partial charge < -0.3 is 5.73 Å². The van der Waals surface area contributed by atoms with Crippen molar-refractivity contribution < 1.29 is 0 Å². The van der Waals surface area contributed by atoms with E-state index in [-0.39, 0.29) is 0 Å². The van der Waals surface area contributed by atoms with Gasteiger partial charge in [-0.05, 0) is 24.6 Å². The van der Waals surface area contributed by atoms with Crippen LogP contribution in [0.3, 0.4) is 0 Å². The molecule has 0 atom stereocenters. The van der Waals surface area contributed by atoms with E-state index in [0.29, 0.717) is 0 Å². The lowest BCUT2D eigenvalue weighted by atomic mass is 10.2. The highest BCUT2D eigenvalue weighted by Gasteiger charge is 2.02. The molecule has 1 aromatic rings.